The van der Waals surface area contributed by atoms with Crippen LogP contribution in [0, 0.1) is 5.92 Å². The molecule has 0 spiro atoms. The van der Waals surface area contributed by atoms with E-state index >= 15 is 0 Å². The van der Waals surface area contributed by atoms with Gasteiger partial charge in [0.25, 0.3) is 0 Å². The SMILES string of the molecule is CCOC(=O)N1CCC(NC(=NCC(=O)N(C)C)NC(C)CCCC(C)C)CC1. The van der Waals surface area contributed by atoms with E-state index in [1.165, 1.54) is 6.42 Å². The molecule has 2 N–H and O–H groups in total. The zero-order valence-electron chi connectivity index (χ0n) is 19.2. The lowest BCUT2D eigenvalue weighted by Gasteiger charge is -2.33. The quantitative estimate of drug-likeness (QED) is 0.450. The predicted molar refractivity (Wildman–Crippen MR) is 117 cm³/mol. The molecule has 1 unspecified atom stereocenters. The molecule has 1 rings (SSSR count). The number of carbonyl (C=O) groups excluding carboxylic acids is 2. The average Bonchev–Trinajstić information content (AvgIpc) is 2.66. The van der Waals surface area contributed by atoms with Crippen molar-refractivity contribution in [1.82, 2.24) is 20.4 Å². The number of guanidine groups is 1. The van der Waals surface area contributed by atoms with Gasteiger partial charge in [0.05, 0.1) is 6.61 Å². The molecule has 1 saturated heterocycles. The Kier molecular flexibility index (Phi) is 11.5. The van der Waals surface area contributed by atoms with Crippen molar-refractivity contribution < 1.29 is 14.3 Å². The molecule has 0 aliphatic carbocycles. The van der Waals surface area contributed by atoms with Crippen LogP contribution in [0.1, 0.15) is 59.8 Å². The second kappa shape index (κ2) is 13.3. The van der Waals surface area contributed by atoms with Gasteiger partial charge in [0.2, 0.25) is 5.91 Å². The zero-order chi connectivity index (χ0) is 21.8. The minimum Gasteiger partial charge on any atom is -0.450 e. The van der Waals surface area contributed by atoms with Crippen LogP contribution < -0.4 is 10.6 Å². The van der Waals surface area contributed by atoms with E-state index in [0.29, 0.717) is 31.6 Å². The van der Waals surface area contributed by atoms with Crippen molar-refractivity contribution in [2.45, 2.75) is 71.9 Å². The average molecular weight is 412 g/mol. The molecular weight excluding hydrogens is 370 g/mol. The number of hydrogen-bond donors (Lipinski definition) is 2. The molecule has 2 amide bonds. The third-order valence-corrected chi connectivity index (χ3v) is 5.03. The first kappa shape index (κ1) is 25.0. The van der Waals surface area contributed by atoms with Crippen LogP contribution in [0.25, 0.3) is 0 Å². The second-order valence-electron chi connectivity index (χ2n) is 8.43. The molecule has 0 aromatic carbocycles. The smallest absolute Gasteiger partial charge is 0.409 e. The Morgan fingerprint density at radius 1 is 1.17 bits per heavy atom. The molecule has 0 bridgehead atoms. The molecule has 1 aliphatic rings. The van der Waals surface area contributed by atoms with Gasteiger partial charge in [0, 0.05) is 39.3 Å². The van der Waals surface area contributed by atoms with E-state index in [2.05, 4.69) is 36.4 Å². The molecule has 1 fully saturated rings. The van der Waals surface area contributed by atoms with Crippen LogP contribution in [0.4, 0.5) is 4.79 Å². The summed E-state index contributed by atoms with van der Waals surface area (Å²) in [6.45, 7) is 10.3. The first-order valence-electron chi connectivity index (χ1n) is 10.9. The highest BCUT2D eigenvalue weighted by atomic mass is 16.6. The van der Waals surface area contributed by atoms with Gasteiger partial charge in [0.1, 0.15) is 6.54 Å². The number of amides is 2. The first-order chi connectivity index (χ1) is 13.7. The Morgan fingerprint density at radius 3 is 2.38 bits per heavy atom. The van der Waals surface area contributed by atoms with Crippen molar-refractivity contribution in [1.29, 1.82) is 0 Å². The largest absolute Gasteiger partial charge is 0.450 e. The van der Waals surface area contributed by atoms with Gasteiger partial charge < -0.3 is 25.2 Å². The summed E-state index contributed by atoms with van der Waals surface area (Å²) in [4.78, 5) is 31.6. The van der Waals surface area contributed by atoms with Crippen molar-refractivity contribution in [3.63, 3.8) is 0 Å². The summed E-state index contributed by atoms with van der Waals surface area (Å²) in [6, 6.07) is 0.485. The number of rotatable bonds is 9. The number of nitrogens with one attached hydrogen (secondary N) is 2. The Hall–Kier alpha value is -1.99. The molecule has 0 saturated carbocycles. The van der Waals surface area contributed by atoms with Gasteiger partial charge in [-0.1, -0.05) is 26.7 Å². The van der Waals surface area contributed by atoms with Gasteiger partial charge in [-0.05, 0) is 39.0 Å². The Bertz CT molecular complexity index is 528. The number of likely N-dealkylation sites (N-methyl/N-ethyl adjacent to an activating group) is 1. The Morgan fingerprint density at radius 2 is 1.83 bits per heavy atom. The van der Waals surface area contributed by atoms with E-state index < -0.39 is 0 Å². The van der Waals surface area contributed by atoms with Gasteiger partial charge in [-0.15, -0.1) is 0 Å². The molecule has 1 atom stereocenters. The van der Waals surface area contributed by atoms with Gasteiger partial charge in [-0.25, -0.2) is 9.79 Å². The monoisotopic (exact) mass is 411 g/mol. The predicted octanol–water partition coefficient (Wildman–Crippen LogP) is 2.45. The normalized spacial score (nSPS) is 16.5. The fourth-order valence-electron chi connectivity index (χ4n) is 3.17. The fraction of sp³-hybridized carbons (Fsp3) is 0.857. The molecule has 1 heterocycles. The van der Waals surface area contributed by atoms with Crippen molar-refractivity contribution >= 4 is 18.0 Å². The highest BCUT2D eigenvalue weighted by Gasteiger charge is 2.24. The molecule has 0 aromatic rings. The van der Waals surface area contributed by atoms with E-state index in [0.717, 1.165) is 25.7 Å². The Labute approximate surface area is 176 Å². The van der Waals surface area contributed by atoms with E-state index in [9.17, 15) is 9.59 Å². The van der Waals surface area contributed by atoms with Gasteiger partial charge in [-0.3, -0.25) is 4.79 Å². The van der Waals surface area contributed by atoms with Crippen LogP contribution in [0.5, 0.6) is 0 Å². The van der Waals surface area contributed by atoms with Crippen molar-refractivity contribution in [3.8, 4) is 0 Å². The fourth-order valence-corrected chi connectivity index (χ4v) is 3.17. The summed E-state index contributed by atoms with van der Waals surface area (Å²) in [5, 5.41) is 6.91. The van der Waals surface area contributed by atoms with E-state index in [1.807, 2.05) is 6.92 Å². The molecule has 168 valence electrons. The first-order valence-corrected chi connectivity index (χ1v) is 10.9. The van der Waals surface area contributed by atoms with Crippen molar-refractivity contribution in [3.05, 3.63) is 0 Å². The van der Waals surface area contributed by atoms with Crippen LogP contribution >= 0.6 is 0 Å². The van der Waals surface area contributed by atoms with E-state index in [4.69, 9.17) is 4.74 Å². The second-order valence-corrected chi connectivity index (χ2v) is 8.43. The maximum absolute atomic E-state index is 12.0. The van der Waals surface area contributed by atoms with E-state index in [1.54, 1.807) is 23.9 Å². The van der Waals surface area contributed by atoms with Crippen molar-refractivity contribution in [2.24, 2.45) is 10.9 Å². The zero-order valence-corrected chi connectivity index (χ0v) is 19.2. The van der Waals surface area contributed by atoms with Crippen LogP contribution in [0.3, 0.4) is 0 Å². The molecule has 1 aliphatic heterocycles. The topological polar surface area (TPSA) is 86.3 Å². The minimum atomic E-state index is -0.242. The summed E-state index contributed by atoms with van der Waals surface area (Å²) >= 11 is 0. The molecular formula is C21H41N5O3. The third kappa shape index (κ3) is 10.4. The number of ether oxygens (including phenoxy) is 1. The minimum absolute atomic E-state index is 0.0318. The summed E-state index contributed by atoms with van der Waals surface area (Å²) in [5.41, 5.74) is 0. The number of piperidine rings is 1. The standard InChI is InChI=1S/C21H41N5O3/c1-7-29-21(28)26-13-11-18(12-14-26)24-20(22-15-19(27)25(5)6)23-17(4)10-8-9-16(2)3/h16-18H,7-15H2,1-6H3,(H2,22,23,24). The van der Waals surface area contributed by atoms with Crippen LogP contribution in [0.15, 0.2) is 4.99 Å². The van der Waals surface area contributed by atoms with Crippen LogP contribution in [0.2, 0.25) is 0 Å². The van der Waals surface area contributed by atoms with Gasteiger partial charge >= 0.3 is 6.09 Å². The lowest BCUT2D eigenvalue weighted by atomic mass is 10.0. The maximum Gasteiger partial charge on any atom is 0.409 e. The number of likely N-dealkylation sites (tertiary alicyclic amines) is 1. The molecule has 0 radical (unpaired) electrons. The summed E-state index contributed by atoms with van der Waals surface area (Å²) < 4.78 is 5.08. The van der Waals surface area contributed by atoms with Gasteiger partial charge in [-0.2, -0.15) is 0 Å². The lowest BCUT2D eigenvalue weighted by molar-refractivity contribution is -0.127. The summed E-state index contributed by atoms with van der Waals surface area (Å²) in [7, 11) is 3.47. The molecule has 0 aromatic heterocycles. The van der Waals surface area contributed by atoms with Crippen molar-refractivity contribution in [2.75, 3.05) is 40.3 Å². The number of aliphatic imine (C=N–C) groups is 1. The lowest BCUT2D eigenvalue weighted by Crippen LogP contribution is -2.51. The number of carbonyl (C=O) groups is 2. The Balaban J connectivity index is 2.61. The molecule has 8 nitrogen and oxygen atoms in total. The molecule has 8 heteroatoms. The highest BCUT2D eigenvalue weighted by molar-refractivity contribution is 5.85. The maximum atomic E-state index is 12.0. The number of hydrogen-bond acceptors (Lipinski definition) is 4. The van der Waals surface area contributed by atoms with E-state index in [-0.39, 0.29) is 30.6 Å². The van der Waals surface area contributed by atoms with Crippen LogP contribution in [-0.4, -0.2) is 80.2 Å². The third-order valence-electron chi connectivity index (χ3n) is 5.03. The van der Waals surface area contributed by atoms with Crippen LogP contribution in [-0.2, 0) is 9.53 Å². The molecule has 29 heavy (non-hydrogen) atoms. The number of nitrogens with zero attached hydrogens (tertiary/aromatic N) is 3. The summed E-state index contributed by atoms with van der Waals surface area (Å²) in [6.07, 6.45) is 4.83. The highest BCUT2D eigenvalue weighted by Crippen LogP contribution is 2.12. The summed E-state index contributed by atoms with van der Waals surface area (Å²) in [5.74, 6) is 1.35. The van der Waals surface area contributed by atoms with Gasteiger partial charge in [0.15, 0.2) is 5.96 Å².